The molecular formula is C15H14FN3. The van der Waals surface area contributed by atoms with Crippen LogP contribution in [-0.4, -0.2) is 9.97 Å². The van der Waals surface area contributed by atoms with E-state index in [1.165, 1.54) is 6.07 Å². The van der Waals surface area contributed by atoms with Gasteiger partial charge in [-0.1, -0.05) is 12.1 Å². The van der Waals surface area contributed by atoms with Gasteiger partial charge in [-0.3, -0.25) is 0 Å². The highest BCUT2D eigenvalue weighted by Gasteiger charge is 2.10. The lowest BCUT2D eigenvalue weighted by atomic mass is 10.1. The van der Waals surface area contributed by atoms with Crippen molar-refractivity contribution in [1.82, 2.24) is 9.97 Å². The molecule has 2 aromatic carbocycles. The van der Waals surface area contributed by atoms with E-state index >= 15 is 0 Å². The van der Waals surface area contributed by atoms with Gasteiger partial charge in [0.05, 0.1) is 16.6 Å². The number of imidazole rings is 1. The average Bonchev–Trinajstić information content (AvgIpc) is 2.80. The summed E-state index contributed by atoms with van der Waals surface area (Å²) in [5, 5.41) is 0. The van der Waals surface area contributed by atoms with E-state index in [-0.39, 0.29) is 5.82 Å². The van der Waals surface area contributed by atoms with E-state index < -0.39 is 0 Å². The Kier molecular flexibility index (Phi) is 2.80. The summed E-state index contributed by atoms with van der Waals surface area (Å²) in [5.74, 6) is 0.278. The normalized spacial score (nSPS) is 11.1. The highest BCUT2D eigenvalue weighted by Crippen LogP contribution is 2.24. The van der Waals surface area contributed by atoms with Crippen molar-refractivity contribution in [2.24, 2.45) is 5.73 Å². The van der Waals surface area contributed by atoms with Crippen molar-refractivity contribution in [1.29, 1.82) is 0 Å². The maximum atomic E-state index is 13.9. The zero-order chi connectivity index (χ0) is 13.4. The van der Waals surface area contributed by atoms with Gasteiger partial charge >= 0.3 is 0 Å². The molecule has 0 saturated carbocycles. The topological polar surface area (TPSA) is 54.7 Å². The molecule has 4 heteroatoms. The molecule has 0 aliphatic heterocycles. The maximum absolute atomic E-state index is 13.9. The molecule has 19 heavy (non-hydrogen) atoms. The molecule has 0 atom stereocenters. The number of aromatic amines is 1. The van der Waals surface area contributed by atoms with Crippen LogP contribution in [0.2, 0.25) is 0 Å². The van der Waals surface area contributed by atoms with Crippen LogP contribution in [-0.2, 0) is 6.54 Å². The van der Waals surface area contributed by atoms with Crippen molar-refractivity contribution in [3.63, 3.8) is 0 Å². The van der Waals surface area contributed by atoms with Crippen molar-refractivity contribution >= 4 is 11.0 Å². The number of hydrogen-bond acceptors (Lipinski definition) is 2. The summed E-state index contributed by atoms with van der Waals surface area (Å²) in [7, 11) is 0. The van der Waals surface area contributed by atoms with E-state index in [0.29, 0.717) is 17.9 Å². The first-order valence-electron chi connectivity index (χ1n) is 6.12. The van der Waals surface area contributed by atoms with Crippen molar-refractivity contribution in [3.8, 4) is 11.4 Å². The lowest BCUT2D eigenvalue weighted by Gasteiger charge is -2.00. The Morgan fingerprint density at radius 1 is 1.21 bits per heavy atom. The van der Waals surface area contributed by atoms with Gasteiger partial charge in [-0.25, -0.2) is 9.37 Å². The lowest BCUT2D eigenvalue weighted by Crippen LogP contribution is -1.95. The first-order chi connectivity index (χ1) is 9.17. The number of H-pyrrole nitrogens is 1. The molecule has 0 saturated heterocycles. The SMILES string of the molecule is Cc1ccc(-c2nc3ccc(CN)cc3[nH]2)c(F)c1. The van der Waals surface area contributed by atoms with Gasteiger partial charge in [-0.15, -0.1) is 0 Å². The van der Waals surface area contributed by atoms with Crippen LogP contribution in [0, 0.1) is 12.7 Å². The smallest absolute Gasteiger partial charge is 0.141 e. The fourth-order valence-electron chi connectivity index (χ4n) is 2.12. The summed E-state index contributed by atoms with van der Waals surface area (Å²) in [6.45, 7) is 2.34. The Morgan fingerprint density at radius 2 is 2.05 bits per heavy atom. The monoisotopic (exact) mass is 255 g/mol. The second-order valence-electron chi connectivity index (χ2n) is 4.62. The van der Waals surface area contributed by atoms with Crippen LogP contribution in [0.3, 0.4) is 0 Å². The van der Waals surface area contributed by atoms with Gasteiger partial charge in [0.1, 0.15) is 11.6 Å². The fourth-order valence-corrected chi connectivity index (χ4v) is 2.12. The predicted molar refractivity (Wildman–Crippen MR) is 74.1 cm³/mol. The third-order valence-corrected chi connectivity index (χ3v) is 3.16. The van der Waals surface area contributed by atoms with Crippen LogP contribution in [0.1, 0.15) is 11.1 Å². The molecule has 0 aliphatic carbocycles. The number of nitrogens with one attached hydrogen (secondary N) is 1. The first kappa shape index (κ1) is 11.9. The van der Waals surface area contributed by atoms with Gasteiger partial charge < -0.3 is 10.7 Å². The summed E-state index contributed by atoms with van der Waals surface area (Å²) in [5.41, 5.74) is 9.68. The minimum absolute atomic E-state index is 0.266. The Balaban J connectivity index is 2.14. The molecule has 0 fully saturated rings. The third kappa shape index (κ3) is 2.11. The van der Waals surface area contributed by atoms with Crippen LogP contribution >= 0.6 is 0 Å². The lowest BCUT2D eigenvalue weighted by molar-refractivity contribution is 0.629. The molecule has 0 unspecified atom stereocenters. The van der Waals surface area contributed by atoms with Crippen molar-refractivity contribution in [3.05, 3.63) is 53.3 Å². The summed E-state index contributed by atoms with van der Waals surface area (Å²) in [6, 6.07) is 10.9. The quantitative estimate of drug-likeness (QED) is 0.739. The minimum atomic E-state index is -0.266. The second kappa shape index (κ2) is 4.48. The molecular weight excluding hydrogens is 241 g/mol. The van der Waals surface area contributed by atoms with Gasteiger partial charge in [0.15, 0.2) is 0 Å². The van der Waals surface area contributed by atoms with Crippen LogP contribution in [0.15, 0.2) is 36.4 Å². The van der Waals surface area contributed by atoms with Crippen molar-refractivity contribution in [2.75, 3.05) is 0 Å². The molecule has 3 N–H and O–H groups in total. The predicted octanol–water partition coefficient (Wildman–Crippen LogP) is 3.14. The molecule has 0 spiro atoms. The average molecular weight is 255 g/mol. The molecule has 96 valence electrons. The van der Waals surface area contributed by atoms with Crippen LogP contribution in [0.4, 0.5) is 4.39 Å². The number of fused-ring (bicyclic) bond motifs is 1. The largest absolute Gasteiger partial charge is 0.338 e. The van der Waals surface area contributed by atoms with Gasteiger partial charge in [0.2, 0.25) is 0 Å². The minimum Gasteiger partial charge on any atom is -0.338 e. The highest BCUT2D eigenvalue weighted by atomic mass is 19.1. The fraction of sp³-hybridized carbons (Fsp3) is 0.133. The number of aromatic nitrogens is 2. The number of halogens is 1. The molecule has 3 nitrogen and oxygen atoms in total. The summed E-state index contributed by atoms with van der Waals surface area (Å²) >= 11 is 0. The Morgan fingerprint density at radius 3 is 2.79 bits per heavy atom. The van der Waals surface area contributed by atoms with E-state index in [4.69, 9.17) is 5.73 Å². The molecule has 0 bridgehead atoms. The summed E-state index contributed by atoms with van der Waals surface area (Å²) in [6.07, 6.45) is 0. The number of nitrogens with zero attached hydrogens (tertiary/aromatic N) is 1. The Bertz CT molecular complexity index is 746. The maximum Gasteiger partial charge on any atom is 0.141 e. The number of benzene rings is 2. The highest BCUT2D eigenvalue weighted by molar-refractivity contribution is 5.80. The number of nitrogens with two attached hydrogens (primary N) is 1. The third-order valence-electron chi connectivity index (χ3n) is 3.16. The van der Waals surface area contributed by atoms with E-state index in [2.05, 4.69) is 9.97 Å². The molecule has 0 radical (unpaired) electrons. The van der Waals surface area contributed by atoms with Gasteiger partial charge in [0.25, 0.3) is 0 Å². The molecule has 1 aromatic heterocycles. The van der Waals surface area contributed by atoms with Crippen LogP contribution in [0.25, 0.3) is 22.4 Å². The zero-order valence-electron chi connectivity index (χ0n) is 10.6. The standard InChI is InChI=1S/C15H14FN3/c1-9-2-4-11(12(16)6-9)15-18-13-5-3-10(8-17)7-14(13)19-15/h2-7H,8,17H2,1H3,(H,18,19). The molecule has 0 amide bonds. The molecule has 3 aromatic rings. The summed E-state index contributed by atoms with van der Waals surface area (Å²) < 4.78 is 13.9. The van der Waals surface area contributed by atoms with Gasteiger partial charge in [0, 0.05) is 6.54 Å². The molecule has 3 rings (SSSR count). The van der Waals surface area contributed by atoms with E-state index in [9.17, 15) is 4.39 Å². The number of hydrogen-bond donors (Lipinski definition) is 2. The molecule has 1 heterocycles. The number of aryl methyl sites for hydroxylation is 1. The zero-order valence-corrected chi connectivity index (χ0v) is 10.6. The van der Waals surface area contributed by atoms with Crippen molar-refractivity contribution < 1.29 is 4.39 Å². The molecule has 0 aliphatic rings. The van der Waals surface area contributed by atoms with Crippen LogP contribution < -0.4 is 5.73 Å². The first-order valence-corrected chi connectivity index (χ1v) is 6.12. The Hall–Kier alpha value is -2.20. The van der Waals surface area contributed by atoms with Gasteiger partial charge in [-0.05, 0) is 42.3 Å². The Labute approximate surface area is 110 Å². The number of rotatable bonds is 2. The van der Waals surface area contributed by atoms with E-state index in [0.717, 1.165) is 22.2 Å². The second-order valence-corrected chi connectivity index (χ2v) is 4.62. The van der Waals surface area contributed by atoms with Gasteiger partial charge in [-0.2, -0.15) is 0 Å². The van der Waals surface area contributed by atoms with E-state index in [1.807, 2.05) is 31.2 Å². The van der Waals surface area contributed by atoms with Crippen LogP contribution in [0.5, 0.6) is 0 Å². The van der Waals surface area contributed by atoms with Crippen molar-refractivity contribution in [2.45, 2.75) is 13.5 Å². The summed E-state index contributed by atoms with van der Waals surface area (Å²) in [4.78, 5) is 7.55. The van der Waals surface area contributed by atoms with E-state index in [1.54, 1.807) is 6.07 Å².